The standard InChI is InChI=1S/C19H21FN2O4/c20-12-4-3-5-13(10-12)25-17-11-24-9-8-16(17)21-19(23)18-14-6-1-2-7-15(14)22-26-18/h3-5,10,16-17H,1-2,6-9,11H2,(H,21,23)/t16-,17-/m1/s1. The molecule has 1 aliphatic carbocycles. The highest BCUT2D eigenvalue weighted by Gasteiger charge is 2.32. The highest BCUT2D eigenvalue weighted by atomic mass is 19.1. The van der Waals surface area contributed by atoms with E-state index in [1.54, 1.807) is 12.1 Å². The normalized spacial score (nSPS) is 22.5. The molecule has 1 amide bonds. The Balaban J connectivity index is 1.46. The third kappa shape index (κ3) is 3.58. The van der Waals surface area contributed by atoms with Gasteiger partial charge in [0.2, 0.25) is 5.76 Å². The van der Waals surface area contributed by atoms with Crippen LogP contribution in [0.3, 0.4) is 0 Å². The summed E-state index contributed by atoms with van der Waals surface area (Å²) in [7, 11) is 0. The number of amides is 1. The number of halogens is 1. The van der Waals surface area contributed by atoms with E-state index in [9.17, 15) is 9.18 Å². The first-order chi connectivity index (χ1) is 12.7. The van der Waals surface area contributed by atoms with E-state index in [1.807, 2.05) is 0 Å². The number of hydrogen-bond acceptors (Lipinski definition) is 5. The molecular weight excluding hydrogens is 339 g/mol. The van der Waals surface area contributed by atoms with Crippen molar-refractivity contribution in [2.24, 2.45) is 0 Å². The average molecular weight is 360 g/mol. The van der Waals surface area contributed by atoms with Crippen LogP contribution in [-0.4, -0.2) is 36.4 Å². The van der Waals surface area contributed by atoms with Crippen LogP contribution in [0.5, 0.6) is 5.75 Å². The Morgan fingerprint density at radius 1 is 1.31 bits per heavy atom. The molecule has 1 fully saturated rings. The summed E-state index contributed by atoms with van der Waals surface area (Å²) >= 11 is 0. The second kappa shape index (κ2) is 7.45. The van der Waals surface area contributed by atoms with Gasteiger partial charge in [-0.1, -0.05) is 11.2 Å². The zero-order valence-electron chi connectivity index (χ0n) is 14.4. The summed E-state index contributed by atoms with van der Waals surface area (Å²) in [6.07, 6.45) is 4.00. The van der Waals surface area contributed by atoms with E-state index in [2.05, 4.69) is 10.5 Å². The number of carbonyl (C=O) groups is 1. The van der Waals surface area contributed by atoms with Crippen molar-refractivity contribution in [3.8, 4) is 5.75 Å². The van der Waals surface area contributed by atoms with Crippen molar-refractivity contribution >= 4 is 5.91 Å². The van der Waals surface area contributed by atoms with Crippen LogP contribution in [0, 0.1) is 5.82 Å². The number of benzene rings is 1. The minimum Gasteiger partial charge on any atom is -0.486 e. The SMILES string of the molecule is O=C(N[C@@H]1CCOC[C@H]1Oc1cccc(F)c1)c1onc2c1CCCC2. The monoisotopic (exact) mass is 360 g/mol. The summed E-state index contributed by atoms with van der Waals surface area (Å²) in [5, 5.41) is 7.02. The van der Waals surface area contributed by atoms with Crippen molar-refractivity contribution in [2.45, 2.75) is 44.2 Å². The van der Waals surface area contributed by atoms with Crippen molar-refractivity contribution in [1.29, 1.82) is 0 Å². The van der Waals surface area contributed by atoms with Gasteiger partial charge in [-0.25, -0.2) is 4.39 Å². The molecule has 0 spiro atoms. The molecule has 7 heteroatoms. The first-order valence-corrected chi connectivity index (χ1v) is 8.99. The average Bonchev–Trinajstić information content (AvgIpc) is 3.08. The number of rotatable bonds is 4. The van der Waals surface area contributed by atoms with Crippen LogP contribution < -0.4 is 10.1 Å². The Morgan fingerprint density at radius 3 is 3.08 bits per heavy atom. The van der Waals surface area contributed by atoms with Crippen LogP contribution in [0.15, 0.2) is 28.8 Å². The first-order valence-electron chi connectivity index (χ1n) is 8.99. The molecule has 1 aromatic heterocycles. The number of fused-ring (bicyclic) bond motifs is 1. The smallest absolute Gasteiger partial charge is 0.290 e. The number of aromatic nitrogens is 1. The third-order valence-corrected chi connectivity index (χ3v) is 4.87. The molecule has 138 valence electrons. The molecule has 0 unspecified atom stereocenters. The Hall–Kier alpha value is -2.41. The molecule has 0 saturated carbocycles. The molecule has 1 N–H and O–H groups in total. The number of ether oxygens (including phenoxy) is 2. The summed E-state index contributed by atoms with van der Waals surface area (Å²) in [6, 6.07) is 5.70. The van der Waals surface area contributed by atoms with Gasteiger partial charge in [0.25, 0.3) is 5.91 Å². The van der Waals surface area contributed by atoms with E-state index >= 15 is 0 Å². The molecule has 1 aliphatic heterocycles. The maximum absolute atomic E-state index is 13.4. The highest BCUT2D eigenvalue weighted by molar-refractivity contribution is 5.93. The molecular formula is C19H21FN2O4. The van der Waals surface area contributed by atoms with Gasteiger partial charge in [0.05, 0.1) is 18.3 Å². The predicted molar refractivity (Wildman–Crippen MR) is 90.7 cm³/mol. The van der Waals surface area contributed by atoms with Crippen LogP contribution in [0.1, 0.15) is 41.1 Å². The van der Waals surface area contributed by atoms with Gasteiger partial charge in [0.1, 0.15) is 17.7 Å². The largest absolute Gasteiger partial charge is 0.486 e. The zero-order chi connectivity index (χ0) is 17.9. The molecule has 26 heavy (non-hydrogen) atoms. The van der Waals surface area contributed by atoms with E-state index in [-0.39, 0.29) is 17.8 Å². The molecule has 0 bridgehead atoms. The Kier molecular flexibility index (Phi) is 4.88. The molecule has 2 atom stereocenters. The van der Waals surface area contributed by atoms with Gasteiger partial charge in [-0.2, -0.15) is 0 Å². The maximum Gasteiger partial charge on any atom is 0.290 e. The third-order valence-electron chi connectivity index (χ3n) is 4.87. The molecule has 1 saturated heterocycles. The van der Waals surface area contributed by atoms with Crippen LogP contribution in [-0.2, 0) is 17.6 Å². The van der Waals surface area contributed by atoms with Crippen LogP contribution in [0.2, 0.25) is 0 Å². The van der Waals surface area contributed by atoms with E-state index in [4.69, 9.17) is 14.0 Å². The maximum atomic E-state index is 13.4. The fourth-order valence-electron chi connectivity index (χ4n) is 3.51. The molecule has 6 nitrogen and oxygen atoms in total. The van der Waals surface area contributed by atoms with E-state index in [0.29, 0.717) is 31.1 Å². The Labute approximate surface area is 150 Å². The Morgan fingerprint density at radius 2 is 2.19 bits per heavy atom. The fourth-order valence-corrected chi connectivity index (χ4v) is 3.51. The molecule has 2 aromatic rings. The number of carbonyl (C=O) groups excluding carboxylic acids is 1. The fraction of sp³-hybridized carbons (Fsp3) is 0.474. The van der Waals surface area contributed by atoms with E-state index < -0.39 is 6.10 Å². The van der Waals surface area contributed by atoms with Crippen molar-refractivity contribution in [3.05, 3.63) is 47.1 Å². The highest BCUT2D eigenvalue weighted by Crippen LogP contribution is 2.24. The van der Waals surface area contributed by atoms with Crippen molar-refractivity contribution < 1.29 is 23.2 Å². The van der Waals surface area contributed by atoms with Gasteiger partial charge in [-0.05, 0) is 44.2 Å². The lowest BCUT2D eigenvalue weighted by atomic mass is 9.95. The minimum absolute atomic E-state index is 0.246. The predicted octanol–water partition coefficient (Wildman–Crippen LogP) is 2.66. The van der Waals surface area contributed by atoms with Crippen molar-refractivity contribution in [2.75, 3.05) is 13.2 Å². The van der Waals surface area contributed by atoms with Crippen LogP contribution in [0.4, 0.5) is 4.39 Å². The van der Waals surface area contributed by atoms with E-state index in [1.165, 1.54) is 12.1 Å². The van der Waals surface area contributed by atoms with Crippen molar-refractivity contribution in [1.82, 2.24) is 10.5 Å². The summed E-state index contributed by atoms with van der Waals surface area (Å²) in [6.45, 7) is 0.860. The lowest BCUT2D eigenvalue weighted by Gasteiger charge is -2.32. The summed E-state index contributed by atoms with van der Waals surface area (Å²) < 4.78 is 30.0. The lowest BCUT2D eigenvalue weighted by Crippen LogP contribution is -2.51. The quantitative estimate of drug-likeness (QED) is 0.907. The second-order valence-corrected chi connectivity index (χ2v) is 6.70. The van der Waals surface area contributed by atoms with Gasteiger partial charge >= 0.3 is 0 Å². The van der Waals surface area contributed by atoms with Gasteiger partial charge in [-0.15, -0.1) is 0 Å². The number of hydrogen-bond donors (Lipinski definition) is 1. The van der Waals surface area contributed by atoms with Gasteiger partial charge in [0.15, 0.2) is 0 Å². The first kappa shape index (κ1) is 17.0. The summed E-state index contributed by atoms with van der Waals surface area (Å²) in [5.41, 5.74) is 1.81. The zero-order valence-corrected chi connectivity index (χ0v) is 14.4. The molecule has 1 aromatic carbocycles. The summed E-state index contributed by atoms with van der Waals surface area (Å²) in [5.74, 6) is 0.0704. The molecule has 2 aliphatic rings. The van der Waals surface area contributed by atoms with Crippen molar-refractivity contribution in [3.63, 3.8) is 0 Å². The topological polar surface area (TPSA) is 73.6 Å². The number of aryl methyl sites for hydroxylation is 1. The lowest BCUT2D eigenvalue weighted by molar-refractivity contribution is -0.0139. The molecule has 2 heterocycles. The van der Waals surface area contributed by atoms with Crippen LogP contribution in [0.25, 0.3) is 0 Å². The number of nitrogens with zero attached hydrogens (tertiary/aromatic N) is 1. The molecule has 0 radical (unpaired) electrons. The Bertz CT molecular complexity index is 792. The number of nitrogens with one attached hydrogen (secondary N) is 1. The van der Waals surface area contributed by atoms with E-state index in [0.717, 1.165) is 36.9 Å². The van der Waals surface area contributed by atoms with Gasteiger partial charge < -0.3 is 19.3 Å². The molecule has 4 rings (SSSR count). The second-order valence-electron chi connectivity index (χ2n) is 6.70. The minimum atomic E-state index is -0.395. The van der Waals surface area contributed by atoms with Gasteiger partial charge in [-0.3, -0.25) is 4.79 Å². The summed E-state index contributed by atoms with van der Waals surface area (Å²) in [4.78, 5) is 12.7. The van der Waals surface area contributed by atoms with Crippen LogP contribution >= 0.6 is 0 Å². The van der Waals surface area contributed by atoms with Gasteiger partial charge in [0, 0.05) is 18.2 Å².